The Kier molecular flexibility index (Phi) is 3.86. The molecular formula is C4H6FN. The predicted molar refractivity (Wildman–Crippen MR) is 24.7 cm³/mol. The van der Waals surface area contributed by atoms with Crippen molar-refractivity contribution in [3.05, 3.63) is 12.4 Å². The number of hydrogen-bond donors (Lipinski definition) is 0. The van der Waals surface area contributed by atoms with Gasteiger partial charge in [-0.2, -0.15) is 0 Å². The first-order valence-corrected chi connectivity index (χ1v) is 1.59. The van der Waals surface area contributed by atoms with Crippen LogP contribution in [0.3, 0.4) is 0 Å². The molecule has 0 bridgehead atoms. The van der Waals surface area contributed by atoms with Crippen molar-refractivity contribution in [3.8, 4) is 0 Å². The first-order valence-electron chi connectivity index (χ1n) is 1.59. The first-order chi connectivity index (χ1) is 2.91. The normalized spacial score (nSPS) is 11.7. The van der Waals surface area contributed by atoms with E-state index in [0.717, 1.165) is 0 Å². The molecule has 0 N–H and O–H groups in total. The van der Waals surface area contributed by atoms with Gasteiger partial charge in [0.2, 0.25) is 0 Å². The molecule has 34 valence electrons. The fraction of sp³-hybridized carbons (Fsp3) is 0.250. The van der Waals surface area contributed by atoms with Crippen molar-refractivity contribution in [3.63, 3.8) is 0 Å². The molecule has 0 radical (unpaired) electrons. The molecule has 0 rings (SSSR count). The Labute approximate surface area is 36.2 Å². The van der Waals surface area contributed by atoms with Crippen molar-refractivity contribution < 1.29 is 4.39 Å². The average molecular weight is 87.1 g/mol. The van der Waals surface area contributed by atoms with Crippen LogP contribution in [-0.4, -0.2) is 13.3 Å². The van der Waals surface area contributed by atoms with Crippen molar-refractivity contribution in [1.82, 2.24) is 0 Å². The number of halogens is 1. The van der Waals surface area contributed by atoms with Gasteiger partial charge in [0.15, 0.2) is 0 Å². The van der Waals surface area contributed by atoms with Crippen LogP contribution in [0.1, 0.15) is 0 Å². The van der Waals surface area contributed by atoms with E-state index in [-0.39, 0.29) is 0 Å². The SMILES string of the molecule is CN=CC=CF. The monoisotopic (exact) mass is 87.0 g/mol. The average Bonchev–Trinajstić information content (AvgIpc) is 1.61. The fourth-order valence-electron chi connectivity index (χ4n) is 0.119. The molecule has 6 heavy (non-hydrogen) atoms. The van der Waals surface area contributed by atoms with Gasteiger partial charge in [-0.3, -0.25) is 4.99 Å². The summed E-state index contributed by atoms with van der Waals surface area (Å²) < 4.78 is 10.9. The van der Waals surface area contributed by atoms with Gasteiger partial charge >= 0.3 is 0 Å². The van der Waals surface area contributed by atoms with Gasteiger partial charge < -0.3 is 0 Å². The summed E-state index contributed by atoms with van der Waals surface area (Å²) in [6, 6.07) is 0. The second-order valence-corrected chi connectivity index (χ2v) is 0.726. The number of nitrogens with zero attached hydrogens (tertiary/aromatic N) is 1. The van der Waals surface area contributed by atoms with Crippen LogP contribution in [0.25, 0.3) is 0 Å². The topological polar surface area (TPSA) is 12.4 Å². The van der Waals surface area contributed by atoms with Crippen LogP contribution >= 0.6 is 0 Å². The quantitative estimate of drug-likeness (QED) is 0.426. The smallest absolute Gasteiger partial charge is 0.0882 e. The van der Waals surface area contributed by atoms with E-state index in [4.69, 9.17) is 0 Å². The number of rotatable bonds is 1. The minimum Gasteiger partial charge on any atom is -0.296 e. The molecule has 0 saturated heterocycles. The lowest BCUT2D eigenvalue weighted by molar-refractivity contribution is 0.723. The molecule has 0 aliphatic heterocycles. The maximum absolute atomic E-state index is 10.9. The highest BCUT2D eigenvalue weighted by molar-refractivity contribution is 5.70. The zero-order valence-corrected chi connectivity index (χ0v) is 3.56. The third-order valence-electron chi connectivity index (χ3n) is 0.308. The Bertz CT molecular complexity index is 55.9. The third-order valence-corrected chi connectivity index (χ3v) is 0.308. The summed E-state index contributed by atoms with van der Waals surface area (Å²) in [5, 5.41) is 0. The Morgan fingerprint density at radius 3 is 2.50 bits per heavy atom. The summed E-state index contributed by atoms with van der Waals surface area (Å²) in [5.41, 5.74) is 0. The highest BCUT2D eigenvalue weighted by Gasteiger charge is 1.52. The van der Waals surface area contributed by atoms with E-state index in [1.807, 2.05) is 0 Å². The third kappa shape index (κ3) is 3.34. The maximum atomic E-state index is 10.9. The minimum atomic E-state index is 0.438. The summed E-state index contributed by atoms with van der Waals surface area (Å²) in [6.45, 7) is 0. The Morgan fingerprint density at radius 2 is 2.33 bits per heavy atom. The predicted octanol–water partition coefficient (Wildman–Crippen LogP) is 1.17. The number of allylic oxidation sites excluding steroid dienone is 1. The standard InChI is InChI=1S/C4H6FN/c1-6-4-2-3-5/h2-4H,1H3. The molecule has 0 heterocycles. The van der Waals surface area contributed by atoms with Crippen molar-refractivity contribution in [2.75, 3.05) is 7.05 Å². The fourth-order valence-corrected chi connectivity index (χ4v) is 0.119. The van der Waals surface area contributed by atoms with Crippen molar-refractivity contribution in [2.24, 2.45) is 4.99 Å². The van der Waals surface area contributed by atoms with Gasteiger partial charge in [0.25, 0.3) is 0 Å². The van der Waals surface area contributed by atoms with Gasteiger partial charge in [0.05, 0.1) is 6.33 Å². The van der Waals surface area contributed by atoms with Crippen molar-refractivity contribution >= 4 is 6.21 Å². The zero-order valence-electron chi connectivity index (χ0n) is 3.56. The van der Waals surface area contributed by atoms with Crippen LogP contribution in [-0.2, 0) is 0 Å². The second-order valence-electron chi connectivity index (χ2n) is 0.726. The van der Waals surface area contributed by atoms with Gasteiger partial charge in [0.1, 0.15) is 0 Å². The first kappa shape index (κ1) is 5.34. The van der Waals surface area contributed by atoms with Crippen molar-refractivity contribution in [1.29, 1.82) is 0 Å². The van der Waals surface area contributed by atoms with E-state index in [2.05, 4.69) is 4.99 Å². The molecule has 0 aromatic carbocycles. The van der Waals surface area contributed by atoms with E-state index in [1.165, 1.54) is 12.3 Å². The lowest BCUT2D eigenvalue weighted by Gasteiger charge is -1.61. The Hall–Kier alpha value is -0.660. The minimum absolute atomic E-state index is 0.438. The molecule has 0 saturated carbocycles. The van der Waals surface area contributed by atoms with E-state index >= 15 is 0 Å². The summed E-state index contributed by atoms with van der Waals surface area (Å²) in [6.07, 6.45) is 3.03. The summed E-state index contributed by atoms with van der Waals surface area (Å²) in [4.78, 5) is 3.47. The number of hydrogen-bond acceptors (Lipinski definition) is 1. The van der Waals surface area contributed by atoms with Gasteiger partial charge in [-0.25, -0.2) is 4.39 Å². The highest BCUT2D eigenvalue weighted by Crippen LogP contribution is 1.64. The van der Waals surface area contributed by atoms with Crippen LogP contribution in [0, 0.1) is 0 Å². The van der Waals surface area contributed by atoms with Crippen LogP contribution in [0.15, 0.2) is 17.4 Å². The molecule has 0 aliphatic rings. The second kappa shape index (κ2) is 4.34. The van der Waals surface area contributed by atoms with Gasteiger partial charge in [0, 0.05) is 13.3 Å². The molecule has 0 atom stereocenters. The van der Waals surface area contributed by atoms with Gasteiger partial charge in [-0.05, 0) is 6.08 Å². The molecular weight excluding hydrogens is 81.0 g/mol. The van der Waals surface area contributed by atoms with E-state index in [9.17, 15) is 4.39 Å². The van der Waals surface area contributed by atoms with E-state index in [0.29, 0.717) is 6.33 Å². The maximum Gasteiger partial charge on any atom is 0.0882 e. The largest absolute Gasteiger partial charge is 0.296 e. The Morgan fingerprint density at radius 1 is 1.67 bits per heavy atom. The molecule has 0 aliphatic carbocycles. The Balaban J connectivity index is 3.07. The van der Waals surface area contributed by atoms with E-state index < -0.39 is 0 Å². The van der Waals surface area contributed by atoms with Crippen molar-refractivity contribution in [2.45, 2.75) is 0 Å². The van der Waals surface area contributed by atoms with Crippen LogP contribution in [0.5, 0.6) is 0 Å². The number of aliphatic imine (C=N–C) groups is 1. The van der Waals surface area contributed by atoms with Crippen LogP contribution < -0.4 is 0 Å². The van der Waals surface area contributed by atoms with E-state index in [1.54, 1.807) is 7.05 Å². The zero-order chi connectivity index (χ0) is 4.83. The molecule has 1 nitrogen and oxygen atoms in total. The molecule has 0 spiro atoms. The molecule has 0 amide bonds. The highest BCUT2D eigenvalue weighted by atomic mass is 19.1. The van der Waals surface area contributed by atoms with Gasteiger partial charge in [-0.15, -0.1) is 0 Å². The van der Waals surface area contributed by atoms with Crippen LogP contribution in [0.4, 0.5) is 4.39 Å². The summed E-state index contributed by atoms with van der Waals surface area (Å²) in [5.74, 6) is 0. The summed E-state index contributed by atoms with van der Waals surface area (Å²) >= 11 is 0. The lowest BCUT2D eigenvalue weighted by atomic mass is 10.7. The molecule has 0 aromatic heterocycles. The van der Waals surface area contributed by atoms with Gasteiger partial charge in [-0.1, -0.05) is 0 Å². The summed E-state index contributed by atoms with van der Waals surface area (Å²) in [7, 11) is 1.58. The molecule has 0 aromatic rings. The molecule has 2 heteroatoms. The lowest BCUT2D eigenvalue weighted by Crippen LogP contribution is -1.55. The molecule has 0 fully saturated rings. The molecule has 0 unspecified atom stereocenters. The van der Waals surface area contributed by atoms with Crippen LogP contribution in [0.2, 0.25) is 0 Å².